The molecule has 0 saturated carbocycles. The maximum atomic E-state index is 12.6. The first-order valence-electron chi connectivity index (χ1n) is 8.62. The lowest BCUT2D eigenvalue weighted by atomic mass is 9.77. The molecule has 2 aliphatic heterocycles. The van der Waals surface area contributed by atoms with E-state index < -0.39 is 11.7 Å². The van der Waals surface area contributed by atoms with Crippen LogP contribution >= 0.6 is 0 Å². The van der Waals surface area contributed by atoms with Crippen LogP contribution in [0.5, 0.6) is 0 Å². The number of hydrogen-bond acceptors (Lipinski definition) is 3. The Labute approximate surface area is 141 Å². The molecular weight excluding hydrogens is 315 g/mol. The molecule has 0 aromatic carbocycles. The van der Waals surface area contributed by atoms with Crippen LogP contribution in [-0.4, -0.2) is 41.6 Å². The topological polar surface area (TPSA) is 19.4 Å². The average molecular weight is 341 g/mol. The fraction of sp³-hybridized carbons (Fsp3) is 0.722. The fourth-order valence-electron chi connectivity index (χ4n) is 3.87. The van der Waals surface area contributed by atoms with E-state index in [0.29, 0.717) is 11.2 Å². The van der Waals surface area contributed by atoms with Gasteiger partial charge in [0, 0.05) is 31.4 Å². The van der Waals surface area contributed by atoms with Crippen LogP contribution in [-0.2, 0) is 6.18 Å². The number of alkyl halides is 3. The van der Waals surface area contributed by atoms with Crippen molar-refractivity contribution in [3.8, 4) is 0 Å². The summed E-state index contributed by atoms with van der Waals surface area (Å²) in [5.41, 5.74) is -0.109. The number of piperidine rings is 1. The fourth-order valence-corrected chi connectivity index (χ4v) is 3.87. The van der Waals surface area contributed by atoms with Gasteiger partial charge in [-0.1, -0.05) is 0 Å². The molecular formula is C18H26F3N3. The Bertz CT molecular complexity index is 567. The molecule has 0 unspecified atom stereocenters. The quantitative estimate of drug-likeness (QED) is 0.763. The van der Waals surface area contributed by atoms with Gasteiger partial charge < -0.3 is 4.90 Å². The summed E-state index contributed by atoms with van der Waals surface area (Å²) >= 11 is 0. The highest BCUT2D eigenvalue weighted by molar-refractivity contribution is 5.40. The van der Waals surface area contributed by atoms with Gasteiger partial charge in [0.2, 0.25) is 0 Å². The number of anilines is 1. The molecule has 2 saturated heterocycles. The molecule has 0 atom stereocenters. The second kappa shape index (κ2) is 5.90. The second-order valence-electron chi connectivity index (χ2n) is 8.23. The molecule has 3 nitrogen and oxygen atoms in total. The van der Waals surface area contributed by atoms with Crippen molar-refractivity contribution < 1.29 is 13.2 Å². The maximum Gasteiger partial charge on any atom is 0.417 e. The zero-order chi connectivity index (χ0) is 17.6. The Morgan fingerprint density at radius 3 is 2.08 bits per heavy atom. The Hall–Kier alpha value is -1.30. The first-order chi connectivity index (χ1) is 11.1. The van der Waals surface area contributed by atoms with Gasteiger partial charge in [-0.15, -0.1) is 0 Å². The molecule has 0 N–H and O–H groups in total. The zero-order valence-electron chi connectivity index (χ0n) is 14.7. The van der Waals surface area contributed by atoms with E-state index in [1.165, 1.54) is 12.5 Å². The van der Waals surface area contributed by atoms with E-state index in [0.717, 1.165) is 51.3 Å². The van der Waals surface area contributed by atoms with Gasteiger partial charge in [-0.2, -0.15) is 13.2 Å². The minimum Gasteiger partial charge on any atom is -0.357 e. The van der Waals surface area contributed by atoms with Crippen molar-refractivity contribution in [2.45, 2.75) is 51.7 Å². The Morgan fingerprint density at radius 1 is 1.00 bits per heavy atom. The molecule has 134 valence electrons. The van der Waals surface area contributed by atoms with Crippen LogP contribution in [0.3, 0.4) is 0 Å². The van der Waals surface area contributed by atoms with Gasteiger partial charge in [-0.25, -0.2) is 4.98 Å². The molecule has 0 aliphatic carbocycles. The molecule has 24 heavy (non-hydrogen) atoms. The summed E-state index contributed by atoms with van der Waals surface area (Å²) in [7, 11) is 0. The van der Waals surface area contributed by atoms with E-state index in [1.54, 1.807) is 0 Å². The van der Waals surface area contributed by atoms with Crippen molar-refractivity contribution in [1.82, 2.24) is 9.88 Å². The maximum absolute atomic E-state index is 12.6. The minimum absolute atomic E-state index is 0.204. The van der Waals surface area contributed by atoms with Crippen molar-refractivity contribution in [3.63, 3.8) is 0 Å². The molecule has 3 heterocycles. The molecule has 6 heteroatoms. The molecule has 2 fully saturated rings. The Morgan fingerprint density at radius 2 is 1.62 bits per heavy atom. The highest BCUT2D eigenvalue weighted by Crippen LogP contribution is 2.43. The summed E-state index contributed by atoms with van der Waals surface area (Å²) < 4.78 is 37.9. The van der Waals surface area contributed by atoms with Crippen LogP contribution in [0, 0.1) is 5.41 Å². The highest BCUT2D eigenvalue weighted by atomic mass is 19.4. The average Bonchev–Trinajstić information content (AvgIpc) is 2.91. The van der Waals surface area contributed by atoms with Crippen LogP contribution < -0.4 is 4.90 Å². The Kier molecular flexibility index (Phi) is 4.31. The first kappa shape index (κ1) is 17.5. The van der Waals surface area contributed by atoms with E-state index in [1.807, 2.05) is 0 Å². The number of pyridine rings is 1. The predicted octanol–water partition coefficient (Wildman–Crippen LogP) is 4.19. The monoisotopic (exact) mass is 341 g/mol. The highest BCUT2D eigenvalue weighted by Gasteiger charge is 2.43. The number of halogens is 3. The summed E-state index contributed by atoms with van der Waals surface area (Å²) in [6.45, 7) is 10.8. The standard InChI is InChI=1S/C18H26F3N3/c1-16(2,3)24-11-8-17(13-24)6-9-23(10-7-17)15-5-4-14(12-22-15)18(19,20)21/h4-5,12H,6-11,13H2,1-3H3. The molecule has 0 amide bonds. The first-order valence-corrected chi connectivity index (χ1v) is 8.62. The van der Waals surface area contributed by atoms with Crippen LogP contribution in [0.15, 0.2) is 18.3 Å². The molecule has 3 rings (SSSR count). The van der Waals surface area contributed by atoms with E-state index in [9.17, 15) is 13.2 Å². The van der Waals surface area contributed by atoms with Gasteiger partial charge >= 0.3 is 6.18 Å². The van der Waals surface area contributed by atoms with Gasteiger partial charge in [0.15, 0.2) is 0 Å². The second-order valence-corrected chi connectivity index (χ2v) is 8.23. The SMILES string of the molecule is CC(C)(C)N1CCC2(CCN(c3ccc(C(F)(F)F)cn3)CC2)C1. The molecule has 0 bridgehead atoms. The Balaban J connectivity index is 1.62. The van der Waals surface area contributed by atoms with Crippen LogP contribution in [0.4, 0.5) is 19.0 Å². The smallest absolute Gasteiger partial charge is 0.357 e. The number of nitrogens with zero attached hydrogens (tertiary/aromatic N) is 3. The van der Waals surface area contributed by atoms with Gasteiger partial charge in [-0.05, 0) is 64.1 Å². The molecule has 1 aromatic heterocycles. The van der Waals surface area contributed by atoms with E-state index in [2.05, 4.69) is 35.6 Å². The van der Waals surface area contributed by atoms with Crippen molar-refractivity contribution in [3.05, 3.63) is 23.9 Å². The van der Waals surface area contributed by atoms with E-state index >= 15 is 0 Å². The predicted molar refractivity (Wildman–Crippen MR) is 89.1 cm³/mol. The van der Waals surface area contributed by atoms with E-state index in [4.69, 9.17) is 0 Å². The number of rotatable bonds is 1. The normalized spacial score (nSPS) is 22.3. The third kappa shape index (κ3) is 3.53. The number of hydrogen-bond donors (Lipinski definition) is 0. The van der Waals surface area contributed by atoms with Crippen LogP contribution in [0.1, 0.15) is 45.6 Å². The van der Waals surface area contributed by atoms with Gasteiger partial charge in [0.05, 0.1) is 5.56 Å². The lowest BCUT2D eigenvalue weighted by molar-refractivity contribution is -0.137. The van der Waals surface area contributed by atoms with Gasteiger partial charge in [0.1, 0.15) is 5.82 Å². The lowest BCUT2D eigenvalue weighted by Gasteiger charge is -2.41. The summed E-state index contributed by atoms with van der Waals surface area (Å²) in [5.74, 6) is 0.656. The summed E-state index contributed by atoms with van der Waals surface area (Å²) in [6.07, 6.45) is 0.0114. The number of aromatic nitrogens is 1. The van der Waals surface area contributed by atoms with Crippen molar-refractivity contribution in [1.29, 1.82) is 0 Å². The lowest BCUT2D eigenvalue weighted by Crippen LogP contribution is -2.45. The van der Waals surface area contributed by atoms with E-state index in [-0.39, 0.29) is 5.54 Å². The summed E-state index contributed by atoms with van der Waals surface area (Å²) in [5, 5.41) is 0. The van der Waals surface area contributed by atoms with Crippen LogP contribution in [0.25, 0.3) is 0 Å². The zero-order valence-corrected chi connectivity index (χ0v) is 14.7. The van der Waals surface area contributed by atoms with Gasteiger partial charge in [0.25, 0.3) is 0 Å². The molecule has 1 spiro atoms. The number of likely N-dealkylation sites (tertiary alicyclic amines) is 1. The minimum atomic E-state index is -4.32. The van der Waals surface area contributed by atoms with Crippen LogP contribution in [0.2, 0.25) is 0 Å². The third-order valence-corrected chi connectivity index (χ3v) is 5.61. The van der Waals surface area contributed by atoms with Gasteiger partial charge in [-0.3, -0.25) is 4.90 Å². The molecule has 1 aromatic rings. The largest absolute Gasteiger partial charge is 0.417 e. The molecule has 2 aliphatic rings. The molecule has 0 radical (unpaired) electrons. The van der Waals surface area contributed by atoms with Crippen molar-refractivity contribution in [2.75, 3.05) is 31.1 Å². The summed E-state index contributed by atoms with van der Waals surface area (Å²) in [6, 6.07) is 2.63. The summed E-state index contributed by atoms with van der Waals surface area (Å²) in [4.78, 5) is 8.70. The third-order valence-electron chi connectivity index (χ3n) is 5.61. The van der Waals surface area contributed by atoms with Crippen molar-refractivity contribution in [2.24, 2.45) is 5.41 Å². The van der Waals surface area contributed by atoms with Crippen molar-refractivity contribution >= 4 is 5.82 Å².